The third-order valence-corrected chi connectivity index (χ3v) is 3.46. The lowest BCUT2D eigenvalue weighted by molar-refractivity contribution is -0.385. The van der Waals surface area contributed by atoms with Crippen LogP contribution in [-0.4, -0.2) is 22.4 Å². The zero-order chi connectivity index (χ0) is 15.5. The Morgan fingerprint density at radius 1 is 1.27 bits per heavy atom. The first kappa shape index (κ1) is 14.0. The van der Waals surface area contributed by atoms with Crippen LogP contribution in [0.4, 0.5) is 22.9 Å². The van der Waals surface area contributed by atoms with E-state index >= 15 is 0 Å². The summed E-state index contributed by atoms with van der Waals surface area (Å²) in [6.07, 6.45) is 2.66. The molecular weight excluding hydrogens is 284 g/mol. The minimum Gasteiger partial charge on any atom is -0.340 e. The Hall–Kier alpha value is -2.96. The summed E-state index contributed by atoms with van der Waals surface area (Å²) in [6.45, 7) is 0.734. The zero-order valence-corrected chi connectivity index (χ0v) is 11.7. The monoisotopic (exact) mass is 298 g/mol. The number of amides is 1. The van der Waals surface area contributed by atoms with Gasteiger partial charge in [-0.2, -0.15) is 0 Å². The van der Waals surface area contributed by atoms with Crippen molar-refractivity contribution in [3.8, 4) is 0 Å². The highest BCUT2D eigenvalue weighted by Gasteiger charge is 2.21. The Morgan fingerprint density at radius 3 is 2.77 bits per heavy atom. The molecule has 1 aliphatic heterocycles. The van der Waals surface area contributed by atoms with E-state index in [2.05, 4.69) is 10.3 Å². The summed E-state index contributed by atoms with van der Waals surface area (Å²) in [6, 6.07) is 10.4. The number of carbonyl (C=O) groups excluding carboxylic acids is 1. The molecule has 1 saturated heterocycles. The van der Waals surface area contributed by atoms with E-state index in [1.165, 1.54) is 12.3 Å². The second-order valence-corrected chi connectivity index (χ2v) is 4.98. The van der Waals surface area contributed by atoms with Crippen molar-refractivity contribution in [3.63, 3.8) is 0 Å². The van der Waals surface area contributed by atoms with Crippen molar-refractivity contribution in [1.29, 1.82) is 0 Å². The molecule has 1 amide bonds. The van der Waals surface area contributed by atoms with Gasteiger partial charge in [0.05, 0.1) is 4.92 Å². The molecule has 0 spiro atoms. The van der Waals surface area contributed by atoms with Crippen LogP contribution in [-0.2, 0) is 4.79 Å². The van der Waals surface area contributed by atoms with Crippen molar-refractivity contribution in [2.75, 3.05) is 16.8 Å². The van der Waals surface area contributed by atoms with E-state index in [4.69, 9.17) is 0 Å². The van der Waals surface area contributed by atoms with Crippen LogP contribution in [0.25, 0.3) is 0 Å². The van der Waals surface area contributed by atoms with Crippen LogP contribution in [0.3, 0.4) is 0 Å². The molecule has 7 heteroatoms. The molecule has 3 rings (SSSR count). The fourth-order valence-electron chi connectivity index (χ4n) is 2.39. The van der Waals surface area contributed by atoms with Gasteiger partial charge in [0.1, 0.15) is 12.0 Å². The summed E-state index contributed by atoms with van der Waals surface area (Å²) in [7, 11) is 0. The number of hydrogen-bond donors (Lipinski definition) is 1. The number of aromatic nitrogens is 1. The third kappa shape index (κ3) is 2.88. The molecule has 1 N–H and O–H groups in total. The normalized spacial score (nSPS) is 14.2. The Labute approximate surface area is 126 Å². The molecule has 7 nitrogen and oxygen atoms in total. The van der Waals surface area contributed by atoms with Gasteiger partial charge in [-0.3, -0.25) is 14.9 Å². The number of carbonyl (C=O) groups is 1. The first-order valence-electron chi connectivity index (χ1n) is 6.91. The highest BCUT2D eigenvalue weighted by atomic mass is 16.6. The fourth-order valence-corrected chi connectivity index (χ4v) is 2.39. The summed E-state index contributed by atoms with van der Waals surface area (Å²) < 4.78 is 0. The lowest BCUT2D eigenvalue weighted by Crippen LogP contribution is -2.23. The SMILES string of the molecule is O=C1CCCN1c1cccc(Nc2ccc([N+](=O)[O-])cn2)c1. The number of pyridine rings is 1. The molecule has 1 aromatic carbocycles. The molecular formula is C15H14N4O3. The van der Waals surface area contributed by atoms with E-state index in [1.807, 2.05) is 24.3 Å². The minimum atomic E-state index is -0.490. The maximum atomic E-state index is 11.8. The van der Waals surface area contributed by atoms with Gasteiger partial charge in [-0.15, -0.1) is 0 Å². The molecule has 112 valence electrons. The van der Waals surface area contributed by atoms with E-state index in [1.54, 1.807) is 11.0 Å². The molecule has 0 bridgehead atoms. The van der Waals surface area contributed by atoms with Crippen molar-refractivity contribution in [2.45, 2.75) is 12.8 Å². The summed E-state index contributed by atoms with van der Waals surface area (Å²) in [4.78, 5) is 27.6. The summed E-state index contributed by atoms with van der Waals surface area (Å²) in [5.41, 5.74) is 1.56. The average Bonchev–Trinajstić information content (AvgIpc) is 2.94. The van der Waals surface area contributed by atoms with Crippen LogP contribution >= 0.6 is 0 Å². The molecule has 2 aromatic rings. The first-order valence-corrected chi connectivity index (χ1v) is 6.91. The molecule has 0 saturated carbocycles. The second-order valence-electron chi connectivity index (χ2n) is 4.98. The van der Waals surface area contributed by atoms with Gasteiger partial charge in [-0.1, -0.05) is 6.07 Å². The van der Waals surface area contributed by atoms with Crippen molar-refractivity contribution >= 4 is 28.8 Å². The van der Waals surface area contributed by atoms with Gasteiger partial charge >= 0.3 is 0 Å². The minimum absolute atomic E-state index is 0.0537. The van der Waals surface area contributed by atoms with Crippen LogP contribution in [0.2, 0.25) is 0 Å². The molecule has 0 unspecified atom stereocenters. The van der Waals surface area contributed by atoms with Crippen molar-refractivity contribution < 1.29 is 9.72 Å². The predicted molar refractivity (Wildman–Crippen MR) is 82.2 cm³/mol. The average molecular weight is 298 g/mol. The van der Waals surface area contributed by atoms with Gasteiger partial charge in [0, 0.05) is 30.4 Å². The van der Waals surface area contributed by atoms with E-state index < -0.39 is 4.92 Å². The number of rotatable bonds is 4. The Morgan fingerprint density at radius 2 is 2.14 bits per heavy atom. The molecule has 0 radical (unpaired) electrons. The van der Waals surface area contributed by atoms with Crippen LogP contribution < -0.4 is 10.2 Å². The molecule has 2 heterocycles. The van der Waals surface area contributed by atoms with E-state index in [0.29, 0.717) is 12.2 Å². The van der Waals surface area contributed by atoms with E-state index in [9.17, 15) is 14.9 Å². The summed E-state index contributed by atoms with van der Waals surface area (Å²) >= 11 is 0. The van der Waals surface area contributed by atoms with Gasteiger partial charge in [-0.05, 0) is 30.7 Å². The van der Waals surface area contributed by atoms with Crippen LogP contribution in [0.5, 0.6) is 0 Å². The maximum Gasteiger partial charge on any atom is 0.287 e. The number of nitrogens with one attached hydrogen (secondary N) is 1. The number of hydrogen-bond acceptors (Lipinski definition) is 5. The quantitative estimate of drug-likeness (QED) is 0.692. The second kappa shape index (κ2) is 5.80. The first-order chi connectivity index (χ1) is 10.6. The zero-order valence-electron chi connectivity index (χ0n) is 11.7. The van der Waals surface area contributed by atoms with Crippen molar-refractivity contribution in [1.82, 2.24) is 4.98 Å². The topological polar surface area (TPSA) is 88.4 Å². The summed E-state index contributed by atoms with van der Waals surface area (Å²) in [5.74, 6) is 0.640. The molecule has 1 aromatic heterocycles. The number of nitro groups is 1. The van der Waals surface area contributed by atoms with Gasteiger partial charge in [-0.25, -0.2) is 4.98 Å². The Balaban J connectivity index is 1.77. The smallest absolute Gasteiger partial charge is 0.287 e. The molecule has 0 aliphatic carbocycles. The van der Waals surface area contributed by atoms with Gasteiger partial charge < -0.3 is 10.2 Å². The highest BCUT2D eigenvalue weighted by molar-refractivity contribution is 5.95. The molecule has 22 heavy (non-hydrogen) atoms. The van der Waals surface area contributed by atoms with Gasteiger partial charge in [0.2, 0.25) is 5.91 Å². The molecule has 1 fully saturated rings. The van der Waals surface area contributed by atoms with Gasteiger partial charge in [0.15, 0.2) is 0 Å². The van der Waals surface area contributed by atoms with Crippen LogP contribution in [0.15, 0.2) is 42.6 Å². The standard InChI is InChI=1S/C15H14N4O3/c20-15-5-2-8-18(15)12-4-1-3-11(9-12)17-14-7-6-13(10-16-14)19(21)22/h1,3-4,6-7,9-10H,2,5,8H2,(H,16,17). The predicted octanol–water partition coefficient (Wildman–Crippen LogP) is 2.86. The van der Waals surface area contributed by atoms with E-state index in [-0.39, 0.29) is 11.6 Å². The van der Waals surface area contributed by atoms with Crippen molar-refractivity contribution in [2.24, 2.45) is 0 Å². The summed E-state index contributed by atoms with van der Waals surface area (Å²) in [5, 5.41) is 13.7. The largest absolute Gasteiger partial charge is 0.340 e. The van der Waals surface area contributed by atoms with Gasteiger partial charge in [0.25, 0.3) is 5.69 Å². The number of nitrogens with zero attached hydrogens (tertiary/aromatic N) is 3. The Bertz CT molecular complexity index is 715. The van der Waals surface area contributed by atoms with Crippen LogP contribution in [0.1, 0.15) is 12.8 Å². The van der Waals surface area contributed by atoms with Crippen molar-refractivity contribution in [3.05, 3.63) is 52.7 Å². The van der Waals surface area contributed by atoms with Crippen LogP contribution in [0, 0.1) is 10.1 Å². The highest BCUT2D eigenvalue weighted by Crippen LogP contribution is 2.25. The lowest BCUT2D eigenvalue weighted by atomic mass is 10.2. The lowest BCUT2D eigenvalue weighted by Gasteiger charge is -2.16. The Kier molecular flexibility index (Phi) is 3.69. The molecule has 1 aliphatic rings. The molecule has 0 atom stereocenters. The maximum absolute atomic E-state index is 11.8. The number of anilines is 3. The van der Waals surface area contributed by atoms with E-state index in [0.717, 1.165) is 24.3 Å². The third-order valence-electron chi connectivity index (χ3n) is 3.46. The number of benzene rings is 1. The fraction of sp³-hybridized carbons (Fsp3) is 0.200.